The number of hydrogen-bond acceptors (Lipinski definition) is 3. The Morgan fingerprint density at radius 2 is 2.11 bits per heavy atom. The molecule has 1 aromatic carbocycles. The Morgan fingerprint density at radius 1 is 1.42 bits per heavy atom. The van der Waals surface area contributed by atoms with Gasteiger partial charge in [0.05, 0.1) is 7.11 Å². The van der Waals surface area contributed by atoms with Crippen LogP contribution in [-0.2, 0) is 0 Å². The first-order chi connectivity index (χ1) is 9.15. The van der Waals surface area contributed by atoms with Crippen LogP contribution in [0.5, 0.6) is 5.75 Å². The van der Waals surface area contributed by atoms with Crippen molar-refractivity contribution in [1.29, 1.82) is 0 Å². The smallest absolute Gasteiger partial charge is 0.253 e. The van der Waals surface area contributed by atoms with Gasteiger partial charge >= 0.3 is 0 Å². The quantitative estimate of drug-likeness (QED) is 0.903. The van der Waals surface area contributed by atoms with E-state index in [1.165, 1.54) is 0 Å². The number of methoxy groups -OCH3 is 1. The van der Waals surface area contributed by atoms with E-state index in [9.17, 15) is 4.79 Å². The lowest BCUT2D eigenvalue weighted by atomic mass is 9.87. The Kier molecular flexibility index (Phi) is 4.43. The van der Waals surface area contributed by atoms with Crippen LogP contribution in [0.3, 0.4) is 0 Å². The highest BCUT2D eigenvalue weighted by Crippen LogP contribution is 2.24. The van der Waals surface area contributed by atoms with Crippen LogP contribution in [0.25, 0.3) is 0 Å². The van der Waals surface area contributed by atoms with E-state index in [1.807, 2.05) is 29.2 Å². The highest BCUT2D eigenvalue weighted by Gasteiger charge is 2.28. The standard InChI is InChI=1S/C15H22N2O2/c1-11-7-8-17(10-13(11)9-16)15(18)12-3-5-14(19-2)6-4-12/h3-6,11,13H,7-10,16H2,1-2H3. The third kappa shape index (κ3) is 3.07. The van der Waals surface area contributed by atoms with E-state index < -0.39 is 0 Å². The summed E-state index contributed by atoms with van der Waals surface area (Å²) in [4.78, 5) is 14.3. The maximum Gasteiger partial charge on any atom is 0.253 e. The summed E-state index contributed by atoms with van der Waals surface area (Å²) < 4.78 is 5.10. The van der Waals surface area contributed by atoms with Gasteiger partial charge in [-0.25, -0.2) is 0 Å². The lowest BCUT2D eigenvalue weighted by Gasteiger charge is -2.36. The number of likely N-dealkylation sites (tertiary alicyclic amines) is 1. The monoisotopic (exact) mass is 262 g/mol. The molecule has 1 saturated heterocycles. The first-order valence-electron chi connectivity index (χ1n) is 6.79. The molecule has 1 fully saturated rings. The third-order valence-corrected chi connectivity index (χ3v) is 4.04. The van der Waals surface area contributed by atoms with Gasteiger partial charge in [0.1, 0.15) is 5.75 Å². The van der Waals surface area contributed by atoms with Gasteiger partial charge in [0, 0.05) is 18.7 Å². The molecule has 1 amide bonds. The van der Waals surface area contributed by atoms with Gasteiger partial charge in [-0.15, -0.1) is 0 Å². The van der Waals surface area contributed by atoms with E-state index >= 15 is 0 Å². The van der Waals surface area contributed by atoms with Crippen molar-refractivity contribution in [2.75, 3.05) is 26.7 Å². The zero-order chi connectivity index (χ0) is 13.8. The first-order valence-corrected chi connectivity index (χ1v) is 6.79. The van der Waals surface area contributed by atoms with Crippen LogP contribution in [0.4, 0.5) is 0 Å². The average Bonchev–Trinajstić information content (AvgIpc) is 2.47. The third-order valence-electron chi connectivity index (χ3n) is 4.04. The topological polar surface area (TPSA) is 55.6 Å². The number of carbonyl (C=O) groups excluding carboxylic acids is 1. The Morgan fingerprint density at radius 3 is 2.68 bits per heavy atom. The van der Waals surface area contributed by atoms with Gasteiger partial charge in [-0.05, 0) is 49.1 Å². The number of rotatable bonds is 3. The molecular weight excluding hydrogens is 240 g/mol. The fourth-order valence-corrected chi connectivity index (χ4v) is 2.56. The predicted molar refractivity (Wildman–Crippen MR) is 75.2 cm³/mol. The summed E-state index contributed by atoms with van der Waals surface area (Å²) in [7, 11) is 1.62. The van der Waals surface area contributed by atoms with Crippen molar-refractivity contribution in [1.82, 2.24) is 4.90 Å². The summed E-state index contributed by atoms with van der Waals surface area (Å²) in [5, 5.41) is 0. The molecule has 2 N–H and O–H groups in total. The molecule has 1 aliphatic heterocycles. The van der Waals surface area contributed by atoms with Gasteiger partial charge in [-0.1, -0.05) is 6.92 Å². The molecule has 0 aromatic heterocycles. The van der Waals surface area contributed by atoms with Gasteiger partial charge in [0.2, 0.25) is 0 Å². The maximum absolute atomic E-state index is 12.4. The molecule has 4 heteroatoms. The van der Waals surface area contributed by atoms with E-state index in [2.05, 4.69) is 6.92 Å². The second kappa shape index (κ2) is 6.06. The van der Waals surface area contributed by atoms with Crippen molar-refractivity contribution in [3.8, 4) is 5.75 Å². The fraction of sp³-hybridized carbons (Fsp3) is 0.533. The number of carbonyl (C=O) groups is 1. The van der Waals surface area contributed by atoms with E-state index in [0.29, 0.717) is 23.9 Å². The summed E-state index contributed by atoms with van der Waals surface area (Å²) in [5.41, 5.74) is 6.49. The number of nitrogens with zero attached hydrogens (tertiary/aromatic N) is 1. The Balaban J connectivity index is 2.06. The Bertz CT molecular complexity index is 430. The zero-order valence-electron chi connectivity index (χ0n) is 11.6. The molecule has 0 bridgehead atoms. The van der Waals surface area contributed by atoms with Gasteiger partial charge in [0.15, 0.2) is 0 Å². The van der Waals surface area contributed by atoms with Crippen molar-refractivity contribution >= 4 is 5.91 Å². The lowest BCUT2D eigenvalue weighted by Crippen LogP contribution is -2.45. The second-order valence-electron chi connectivity index (χ2n) is 5.24. The highest BCUT2D eigenvalue weighted by atomic mass is 16.5. The molecule has 2 rings (SSSR count). The molecular formula is C15H22N2O2. The van der Waals surface area contributed by atoms with Crippen LogP contribution in [-0.4, -0.2) is 37.6 Å². The summed E-state index contributed by atoms with van der Waals surface area (Å²) >= 11 is 0. The van der Waals surface area contributed by atoms with Gasteiger partial charge < -0.3 is 15.4 Å². The van der Waals surface area contributed by atoms with Crippen LogP contribution < -0.4 is 10.5 Å². The minimum atomic E-state index is 0.0907. The lowest BCUT2D eigenvalue weighted by molar-refractivity contribution is 0.0618. The van der Waals surface area contributed by atoms with Gasteiger partial charge in [-0.3, -0.25) is 4.79 Å². The van der Waals surface area contributed by atoms with Crippen molar-refractivity contribution in [2.45, 2.75) is 13.3 Å². The molecule has 19 heavy (non-hydrogen) atoms. The first kappa shape index (κ1) is 13.9. The molecule has 0 saturated carbocycles. The maximum atomic E-state index is 12.4. The highest BCUT2D eigenvalue weighted by molar-refractivity contribution is 5.94. The zero-order valence-corrected chi connectivity index (χ0v) is 11.6. The van der Waals surface area contributed by atoms with E-state index in [4.69, 9.17) is 10.5 Å². The Hall–Kier alpha value is -1.55. The average molecular weight is 262 g/mol. The van der Waals surface area contributed by atoms with Gasteiger partial charge in [0.25, 0.3) is 5.91 Å². The van der Waals surface area contributed by atoms with Crippen molar-refractivity contribution in [3.05, 3.63) is 29.8 Å². The minimum absolute atomic E-state index is 0.0907. The Labute approximate surface area is 114 Å². The molecule has 4 nitrogen and oxygen atoms in total. The molecule has 1 heterocycles. The normalized spacial score (nSPS) is 23.2. The summed E-state index contributed by atoms with van der Waals surface area (Å²) in [6.07, 6.45) is 1.03. The molecule has 0 spiro atoms. The second-order valence-corrected chi connectivity index (χ2v) is 5.24. The minimum Gasteiger partial charge on any atom is -0.497 e. The SMILES string of the molecule is COc1ccc(C(=O)N2CCC(C)C(CN)C2)cc1. The molecule has 0 radical (unpaired) electrons. The summed E-state index contributed by atoms with van der Waals surface area (Å²) in [6.45, 7) is 4.45. The van der Waals surface area contributed by atoms with E-state index in [-0.39, 0.29) is 5.91 Å². The van der Waals surface area contributed by atoms with Crippen molar-refractivity contribution in [3.63, 3.8) is 0 Å². The largest absolute Gasteiger partial charge is 0.497 e. The summed E-state index contributed by atoms with van der Waals surface area (Å²) in [6, 6.07) is 7.27. The molecule has 1 aliphatic rings. The van der Waals surface area contributed by atoms with E-state index in [0.717, 1.165) is 25.3 Å². The number of piperidine rings is 1. The van der Waals surface area contributed by atoms with Crippen LogP contribution in [0, 0.1) is 11.8 Å². The molecule has 2 unspecified atom stereocenters. The summed E-state index contributed by atoms with van der Waals surface area (Å²) in [5.74, 6) is 1.87. The van der Waals surface area contributed by atoms with Crippen molar-refractivity contribution in [2.24, 2.45) is 17.6 Å². The van der Waals surface area contributed by atoms with Crippen LogP contribution in [0.15, 0.2) is 24.3 Å². The number of hydrogen-bond donors (Lipinski definition) is 1. The number of amides is 1. The predicted octanol–water partition coefficient (Wildman–Crippen LogP) is 1.75. The van der Waals surface area contributed by atoms with Gasteiger partial charge in [-0.2, -0.15) is 0 Å². The molecule has 104 valence electrons. The molecule has 1 aromatic rings. The van der Waals surface area contributed by atoms with Crippen LogP contribution >= 0.6 is 0 Å². The number of nitrogens with two attached hydrogens (primary N) is 1. The van der Waals surface area contributed by atoms with Crippen LogP contribution in [0.1, 0.15) is 23.7 Å². The molecule has 0 aliphatic carbocycles. The fourth-order valence-electron chi connectivity index (χ4n) is 2.56. The molecule has 2 atom stereocenters. The van der Waals surface area contributed by atoms with Crippen LogP contribution in [0.2, 0.25) is 0 Å². The van der Waals surface area contributed by atoms with E-state index in [1.54, 1.807) is 7.11 Å². The van der Waals surface area contributed by atoms with Crippen molar-refractivity contribution < 1.29 is 9.53 Å². The number of benzene rings is 1. The number of ether oxygens (including phenoxy) is 1.